The molecule has 2 fully saturated rings. The zero-order valence-electron chi connectivity index (χ0n) is 15.1. The normalized spacial score (nSPS) is 27.5. The van der Waals surface area contributed by atoms with Crippen molar-refractivity contribution in [2.24, 2.45) is 0 Å². The molecule has 2 aromatic heterocycles. The van der Waals surface area contributed by atoms with Gasteiger partial charge in [-0.3, -0.25) is 0 Å². The van der Waals surface area contributed by atoms with Crippen molar-refractivity contribution >= 4 is 22.6 Å². The molecule has 3 aromatic rings. The van der Waals surface area contributed by atoms with Crippen molar-refractivity contribution in [2.45, 2.75) is 24.4 Å². The highest BCUT2D eigenvalue weighted by Gasteiger charge is 2.48. The molecule has 29 heavy (non-hydrogen) atoms. The van der Waals surface area contributed by atoms with Crippen molar-refractivity contribution < 1.29 is 28.8 Å². The number of aromatic amines is 1. The second-order valence-corrected chi connectivity index (χ2v) is 7.68. The summed E-state index contributed by atoms with van der Waals surface area (Å²) >= 11 is 6.49. The van der Waals surface area contributed by atoms with E-state index in [4.69, 9.17) is 40.3 Å². The lowest BCUT2D eigenvalue weighted by Gasteiger charge is -2.16. The number of aromatic nitrogens is 2. The number of benzene rings is 1. The molecule has 0 saturated carbocycles. The van der Waals surface area contributed by atoms with E-state index < -0.39 is 6.10 Å². The monoisotopic (exact) mass is 416 g/mol. The van der Waals surface area contributed by atoms with Gasteiger partial charge in [-0.1, -0.05) is 11.6 Å². The second-order valence-electron chi connectivity index (χ2n) is 7.27. The Morgan fingerprint density at radius 2 is 1.93 bits per heavy atom. The van der Waals surface area contributed by atoms with Gasteiger partial charge in [0.15, 0.2) is 23.5 Å². The molecule has 2 unspecified atom stereocenters. The highest BCUT2D eigenvalue weighted by Crippen LogP contribution is 2.38. The fourth-order valence-corrected chi connectivity index (χ4v) is 4.28. The Morgan fingerprint density at radius 1 is 1.07 bits per heavy atom. The minimum atomic E-state index is -0.610. The summed E-state index contributed by atoms with van der Waals surface area (Å²) in [6.07, 6.45) is -1.53. The van der Waals surface area contributed by atoms with E-state index in [1.54, 1.807) is 0 Å². The van der Waals surface area contributed by atoms with E-state index in [1.807, 2.05) is 30.3 Å². The number of H-pyrrole nitrogens is 1. The molecule has 1 aromatic carbocycles. The highest BCUT2D eigenvalue weighted by molar-refractivity contribution is 6.33. The van der Waals surface area contributed by atoms with Gasteiger partial charge in [0, 0.05) is 11.6 Å². The Bertz CT molecular complexity index is 1100. The SMILES string of the molecule is O[C@@H]1COC2C1OC[C@H]2Oc1cc2nc(-c3ccc4c(c3)OCO4)c(Cl)cc2[nH]1. The smallest absolute Gasteiger partial charge is 0.231 e. The molecule has 4 atom stereocenters. The molecule has 3 aliphatic heterocycles. The topological polar surface area (TPSA) is 95.1 Å². The van der Waals surface area contributed by atoms with E-state index in [-0.39, 0.29) is 31.7 Å². The number of aliphatic hydroxyl groups is 1. The average Bonchev–Trinajstić information content (AvgIpc) is 3.47. The van der Waals surface area contributed by atoms with Crippen LogP contribution in [0.15, 0.2) is 30.3 Å². The molecular formula is C20H17ClN2O6. The number of fused-ring (bicyclic) bond motifs is 3. The van der Waals surface area contributed by atoms with E-state index in [1.165, 1.54) is 0 Å². The van der Waals surface area contributed by atoms with Crippen LogP contribution in [0.4, 0.5) is 0 Å². The van der Waals surface area contributed by atoms with Crippen LogP contribution in [-0.4, -0.2) is 59.5 Å². The standard InChI is InChI=1S/C20H17ClN2O6/c21-10-4-11-12(23-18(10)9-1-2-14-15(3-9)28-8-27-14)5-17(22-11)29-16-7-26-19-13(24)6-25-20(16)19/h1-5,13,16,19-20,22,24H,6-8H2/t13-,16-,19?,20?/m1/s1. The molecule has 8 nitrogen and oxygen atoms in total. The third-order valence-corrected chi connectivity index (χ3v) is 5.73. The number of nitrogens with one attached hydrogen (secondary N) is 1. The number of ether oxygens (including phenoxy) is 5. The Kier molecular flexibility index (Phi) is 3.89. The van der Waals surface area contributed by atoms with Crippen LogP contribution in [-0.2, 0) is 9.47 Å². The summed E-state index contributed by atoms with van der Waals surface area (Å²) in [4.78, 5) is 7.89. The molecular weight excluding hydrogens is 400 g/mol. The van der Waals surface area contributed by atoms with Crippen molar-refractivity contribution in [3.63, 3.8) is 0 Å². The van der Waals surface area contributed by atoms with Gasteiger partial charge in [0.25, 0.3) is 0 Å². The van der Waals surface area contributed by atoms with E-state index in [0.29, 0.717) is 34.7 Å². The highest BCUT2D eigenvalue weighted by atomic mass is 35.5. The molecule has 2 N–H and O–H groups in total. The maximum atomic E-state index is 9.87. The zero-order chi connectivity index (χ0) is 19.5. The largest absolute Gasteiger partial charge is 0.470 e. The van der Waals surface area contributed by atoms with E-state index in [9.17, 15) is 5.11 Å². The summed E-state index contributed by atoms with van der Waals surface area (Å²) < 4.78 is 28.1. The van der Waals surface area contributed by atoms with Crippen molar-refractivity contribution in [3.8, 4) is 28.6 Å². The molecule has 9 heteroatoms. The summed E-state index contributed by atoms with van der Waals surface area (Å²) in [5.41, 5.74) is 2.97. The minimum absolute atomic E-state index is 0.213. The lowest BCUT2D eigenvalue weighted by Crippen LogP contribution is -2.34. The molecule has 2 saturated heterocycles. The van der Waals surface area contributed by atoms with Crippen LogP contribution in [0, 0.1) is 0 Å². The minimum Gasteiger partial charge on any atom is -0.470 e. The lowest BCUT2D eigenvalue weighted by molar-refractivity contribution is 0.00794. The van der Waals surface area contributed by atoms with E-state index in [2.05, 4.69) is 4.98 Å². The van der Waals surface area contributed by atoms with Crippen LogP contribution < -0.4 is 14.2 Å². The van der Waals surface area contributed by atoms with Gasteiger partial charge in [0.05, 0.1) is 35.0 Å². The Morgan fingerprint density at radius 3 is 2.86 bits per heavy atom. The molecule has 150 valence electrons. The van der Waals surface area contributed by atoms with Crippen LogP contribution >= 0.6 is 11.6 Å². The quantitative estimate of drug-likeness (QED) is 0.677. The first-order chi connectivity index (χ1) is 14.2. The molecule has 0 spiro atoms. The number of pyridine rings is 1. The number of aliphatic hydroxyl groups excluding tert-OH is 1. The summed E-state index contributed by atoms with van der Waals surface area (Å²) in [6, 6.07) is 9.25. The predicted octanol–water partition coefficient (Wildman–Crippen LogP) is 2.52. The van der Waals surface area contributed by atoms with E-state index >= 15 is 0 Å². The number of hydrogen-bond donors (Lipinski definition) is 2. The predicted molar refractivity (Wildman–Crippen MR) is 103 cm³/mol. The summed E-state index contributed by atoms with van der Waals surface area (Å²) in [7, 11) is 0. The number of hydrogen-bond acceptors (Lipinski definition) is 7. The number of rotatable bonds is 3. The van der Waals surface area contributed by atoms with Crippen LogP contribution in [0.5, 0.6) is 17.4 Å². The van der Waals surface area contributed by atoms with E-state index in [0.717, 1.165) is 16.6 Å². The first-order valence-electron chi connectivity index (χ1n) is 9.33. The van der Waals surface area contributed by atoms with Gasteiger partial charge >= 0.3 is 0 Å². The van der Waals surface area contributed by atoms with Gasteiger partial charge in [-0.05, 0) is 24.3 Å². The van der Waals surface area contributed by atoms with Gasteiger partial charge < -0.3 is 33.8 Å². The zero-order valence-corrected chi connectivity index (χ0v) is 15.9. The van der Waals surface area contributed by atoms with Gasteiger partial charge in [-0.25, -0.2) is 4.98 Å². The molecule has 0 amide bonds. The van der Waals surface area contributed by atoms with Gasteiger partial charge in [0.2, 0.25) is 6.79 Å². The van der Waals surface area contributed by atoms with Gasteiger partial charge in [-0.15, -0.1) is 0 Å². The molecule has 6 rings (SSSR count). The van der Waals surface area contributed by atoms with Crippen molar-refractivity contribution in [2.75, 3.05) is 20.0 Å². The van der Waals surface area contributed by atoms with Gasteiger partial charge in [-0.2, -0.15) is 0 Å². The van der Waals surface area contributed by atoms with Gasteiger partial charge in [0.1, 0.15) is 18.3 Å². The average molecular weight is 417 g/mol. The lowest BCUT2D eigenvalue weighted by atomic mass is 10.1. The fourth-order valence-electron chi connectivity index (χ4n) is 4.02. The number of nitrogens with zero attached hydrogens (tertiary/aromatic N) is 1. The first kappa shape index (κ1) is 17.3. The fraction of sp³-hybridized carbons (Fsp3) is 0.350. The summed E-state index contributed by atoms with van der Waals surface area (Å²) in [5, 5.41) is 10.4. The molecule has 0 bridgehead atoms. The third-order valence-electron chi connectivity index (χ3n) is 5.44. The Labute approximate surface area is 170 Å². The number of halogens is 1. The first-order valence-corrected chi connectivity index (χ1v) is 9.71. The summed E-state index contributed by atoms with van der Waals surface area (Å²) in [5.74, 6) is 1.93. The molecule has 0 aliphatic carbocycles. The Hall–Kier alpha value is -2.52. The maximum absolute atomic E-state index is 9.87. The van der Waals surface area contributed by atoms with Crippen molar-refractivity contribution in [1.29, 1.82) is 0 Å². The Balaban J connectivity index is 1.30. The molecule has 0 radical (unpaired) electrons. The van der Waals surface area contributed by atoms with Crippen molar-refractivity contribution in [3.05, 3.63) is 35.4 Å². The molecule has 3 aliphatic rings. The van der Waals surface area contributed by atoms with Crippen LogP contribution in [0.3, 0.4) is 0 Å². The summed E-state index contributed by atoms with van der Waals surface area (Å²) in [6.45, 7) is 0.835. The third kappa shape index (κ3) is 2.83. The van der Waals surface area contributed by atoms with Crippen molar-refractivity contribution in [1.82, 2.24) is 9.97 Å². The second kappa shape index (κ2) is 6.50. The molecule has 5 heterocycles. The van der Waals surface area contributed by atoms with Crippen LogP contribution in [0.2, 0.25) is 5.02 Å². The maximum Gasteiger partial charge on any atom is 0.231 e. The van der Waals surface area contributed by atoms with Crippen LogP contribution in [0.1, 0.15) is 0 Å². The van der Waals surface area contributed by atoms with Crippen LogP contribution in [0.25, 0.3) is 22.3 Å².